The summed E-state index contributed by atoms with van der Waals surface area (Å²) >= 11 is 0. The third kappa shape index (κ3) is 2.84. The number of nitrogens with zero attached hydrogens (tertiary/aromatic N) is 1. The zero-order valence-corrected chi connectivity index (χ0v) is 8.75. The molecule has 1 aromatic rings. The van der Waals surface area contributed by atoms with E-state index in [1.165, 1.54) is 19.2 Å². The van der Waals surface area contributed by atoms with Crippen molar-refractivity contribution in [1.82, 2.24) is 0 Å². The van der Waals surface area contributed by atoms with Gasteiger partial charge in [0.05, 0.1) is 18.9 Å². The van der Waals surface area contributed by atoms with Gasteiger partial charge in [0.1, 0.15) is 17.6 Å². The summed E-state index contributed by atoms with van der Waals surface area (Å²) in [7, 11) is 1.47. The molecule has 0 saturated heterocycles. The maximum Gasteiger partial charge on any atom is 0.144 e. The fourth-order valence-electron chi connectivity index (χ4n) is 1.20. The number of nitrogens with one attached hydrogen (secondary N) is 1. The van der Waals surface area contributed by atoms with Crippen molar-refractivity contribution in [2.75, 3.05) is 12.4 Å². The van der Waals surface area contributed by atoms with Crippen LogP contribution in [0.2, 0.25) is 0 Å². The maximum absolute atomic E-state index is 12.9. The summed E-state index contributed by atoms with van der Waals surface area (Å²) in [6, 6.07) is 5.99. The Balaban J connectivity index is 2.89. The van der Waals surface area contributed by atoms with Crippen LogP contribution in [0, 0.1) is 17.1 Å². The molecule has 0 aliphatic carbocycles. The molecule has 3 nitrogen and oxygen atoms in total. The third-order valence-electron chi connectivity index (χ3n) is 2.06. The third-order valence-corrected chi connectivity index (χ3v) is 2.06. The fraction of sp³-hybridized carbons (Fsp3) is 0.364. The van der Waals surface area contributed by atoms with E-state index in [4.69, 9.17) is 10.00 Å². The molecule has 0 radical (unpaired) electrons. The van der Waals surface area contributed by atoms with Gasteiger partial charge < -0.3 is 10.1 Å². The first-order chi connectivity index (χ1) is 7.21. The van der Waals surface area contributed by atoms with E-state index in [2.05, 4.69) is 11.4 Å². The number of anilines is 1. The molecule has 1 unspecified atom stereocenters. The SMILES string of the molecule is CCC(C#N)Nc1ccc(F)cc1OC. The minimum absolute atomic E-state index is 0.288. The second-order valence-electron chi connectivity index (χ2n) is 3.08. The molecule has 1 aromatic carbocycles. The van der Waals surface area contributed by atoms with Crippen LogP contribution < -0.4 is 10.1 Å². The van der Waals surface area contributed by atoms with Gasteiger partial charge in [-0.25, -0.2) is 4.39 Å². The summed E-state index contributed by atoms with van der Waals surface area (Å²) in [5, 5.41) is 11.8. The Kier molecular flexibility index (Phi) is 3.92. The summed E-state index contributed by atoms with van der Waals surface area (Å²) in [4.78, 5) is 0. The number of benzene rings is 1. The van der Waals surface area contributed by atoms with Gasteiger partial charge in [0.2, 0.25) is 0 Å². The molecule has 0 amide bonds. The lowest BCUT2D eigenvalue weighted by Gasteiger charge is -2.13. The van der Waals surface area contributed by atoms with Gasteiger partial charge in [0.25, 0.3) is 0 Å². The highest BCUT2D eigenvalue weighted by atomic mass is 19.1. The van der Waals surface area contributed by atoms with Crippen molar-refractivity contribution >= 4 is 5.69 Å². The molecule has 0 aliphatic heterocycles. The topological polar surface area (TPSA) is 45.0 Å². The Labute approximate surface area is 88.5 Å². The van der Waals surface area contributed by atoms with Crippen molar-refractivity contribution < 1.29 is 9.13 Å². The van der Waals surface area contributed by atoms with Crippen LogP contribution in [0.25, 0.3) is 0 Å². The summed E-state index contributed by atoms with van der Waals surface area (Å²) < 4.78 is 17.9. The first-order valence-electron chi connectivity index (χ1n) is 4.71. The second-order valence-corrected chi connectivity index (χ2v) is 3.08. The average molecular weight is 208 g/mol. The second kappa shape index (κ2) is 5.20. The molecule has 15 heavy (non-hydrogen) atoms. The molecular weight excluding hydrogens is 195 g/mol. The summed E-state index contributed by atoms with van der Waals surface area (Å²) in [6.07, 6.45) is 0.678. The Hall–Kier alpha value is -1.76. The van der Waals surface area contributed by atoms with E-state index in [0.717, 1.165) is 0 Å². The molecule has 0 bridgehead atoms. The Morgan fingerprint density at radius 3 is 2.87 bits per heavy atom. The molecule has 4 heteroatoms. The van der Waals surface area contributed by atoms with Gasteiger partial charge in [-0.1, -0.05) is 6.92 Å². The molecule has 0 heterocycles. The highest BCUT2D eigenvalue weighted by Crippen LogP contribution is 2.25. The van der Waals surface area contributed by atoms with Crippen molar-refractivity contribution in [1.29, 1.82) is 5.26 Å². The van der Waals surface area contributed by atoms with Crippen molar-refractivity contribution in [2.45, 2.75) is 19.4 Å². The predicted octanol–water partition coefficient (Wildman–Crippen LogP) is 2.55. The van der Waals surface area contributed by atoms with E-state index in [9.17, 15) is 4.39 Å². The van der Waals surface area contributed by atoms with Gasteiger partial charge in [-0.15, -0.1) is 0 Å². The predicted molar refractivity (Wildman–Crippen MR) is 56.3 cm³/mol. The molecule has 1 rings (SSSR count). The number of ether oxygens (including phenoxy) is 1. The van der Waals surface area contributed by atoms with Gasteiger partial charge in [-0.05, 0) is 18.6 Å². The average Bonchev–Trinajstić information content (AvgIpc) is 2.27. The Morgan fingerprint density at radius 2 is 2.33 bits per heavy atom. The first-order valence-corrected chi connectivity index (χ1v) is 4.71. The van der Waals surface area contributed by atoms with Gasteiger partial charge in [0.15, 0.2) is 0 Å². The number of rotatable bonds is 4. The smallest absolute Gasteiger partial charge is 0.144 e. The van der Waals surface area contributed by atoms with Crippen molar-refractivity contribution in [3.05, 3.63) is 24.0 Å². The Morgan fingerprint density at radius 1 is 1.60 bits per heavy atom. The molecule has 1 atom stereocenters. The van der Waals surface area contributed by atoms with Crippen LogP contribution in [0.4, 0.5) is 10.1 Å². The van der Waals surface area contributed by atoms with Crippen molar-refractivity contribution in [3.63, 3.8) is 0 Å². The summed E-state index contributed by atoms with van der Waals surface area (Å²) in [5.74, 6) is 0.0473. The van der Waals surface area contributed by atoms with Gasteiger partial charge >= 0.3 is 0 Å². The van der Waals surface area contributed by atoms with Crippen LogP contribution >= 0.6 is 0 Å². The Bertz CT molecular complexity index is 373. The lowest BCUT2D eigenvalue weighted by molar-refractivity contribution is 0.412. The number of hydrogen-bond donors (Lipinski definition) is 1. The molecule has 0 aliphatic rings. The highest BCUT2D eigenvalue weighted by Gasteiger charge is 2.08. The molecule has 1 N–H and O–H groups in total. The minimum atomic E-state index is -0.359. The van der Waals surface area contributed by atoms with Crippen LogP contribution in [0.5, 0.6) is 5.75 Å². The monoisotopic (exact) mass is 208 g/mol. The molecule has 0 saturated carbocycles. The molecule has 0 spiro atoms. The zero-order valence-electron chi connectivity index (χ0n) is 8.75. The van der Waals surface area contributed by atoms with E-state index in [0.29, 0.717) is 17.9 Å². The van der Waals surface area contributed by atoms with Crippen LogP contribution in [-0.2, 0) is 0 Å². The summed E-state index contributed by atoms with van der Waals surface area (Å²) in [5.41, 5.74) is 0.632. The van der Waals surface area contributed by atoms with E-state index in [-0.39, 0.29) is 11.9 Å². The number of hydrogen-bond acceptors (Lipinski definition) is 3. The van der Waals surface area contributed by atoms with Crippen LogP contribution in [0.1, 0.15) is 13.3 Å². The van der Waals surface area contributed by atoms with E-state index >= 15 is 0 Å². The number of methoxy groups -OCH3 is 1. The maximum atomic E-state index is 12.9. The molecular formula is C11H13FN2O. The summed E-state index contributed by atoms with van der Waals surface area (Å²) in [6.45, 7) is 1.90. The largest absolute Gasteiger partial charge is 0.494 e. The quantitative estimate of drug-likeness (QED) is 0.827. The zero-order chi connectivity index (χ0) is 11.3. The van der Waals surface area contributed by atoms with Crippen LogP contribution in [0.15, 0.2) is 18.2 Å². The number of nitriles is 1. The van der Waals surface area contributed by atoms with Gasteiger partial charge in [-0.3, -0.25) is 0 Å². The minimum Gasteiger partial charge on any atom is -0.494 e. The van der Waals surface area contributed by atoms with Crippen molar-refractivity contribution in [3.8, 4) is 11.8 Å². The molecule has 0 fully saturated rings. The van der Waals surface area contributed by atoms with Crippen LogP contribution in [0.3, 0.4) is 0 Å². The van der Waals surface area contributed by atoms with Gasteiger partial charge in [0, 0.05) is 6.07 Å². The van der Waals surface area contributed by atoms with Gasteiger partial charge in [-0.2, -0.15) is 5.26 Å². The highest BCUT2D eigenvalue weighted by molar-refractivity contribution is 5.57. The first kappa shape index (κ1) is 11.3. The van der Waals surface area contributed by atoms with Crippen LogP contribution in [-0.4, -0.2) is 13.2 Å². The normalized spacial score (nSPS) is 11.6. The van der Waals surface area contributed by atoms with E-state index in [1.54, 1.807) is 6.07 Å². The molecule has 80 valence electrons. The van der Waals surface area contributed by atoms with E-state index in [1.807, 2.05) is 6.92 Å². The number of halogens is 1. The van der Waals surface area contributed by atoms with E-state index < -0.39 is 0 Å². The van der Waals surface area contributed by atoms with Crippen molar-refractivity contribution in [2.24, 2.45) is 0 Å². The standard InChI is InChI=1S/C11H13FN2O/c1-3-9(7-13)14-10-5-4-8(12)6-11(10)15-2/h4-6,9,14H,3H2,1-2H3. The lowest BCUT2D eigenvalue weighted by atomic mass is 10.2. The fourth-order valence-corrected chi connectivity index (χ4v) is 1.20. The lowest BCUT2D eigenvalue weighted by Crippen LogP contribution is -2.16. The molecule has 0 aromatic heterocycles.